The first-order valence-corrected chi connectivity index (χ1v) is 9.63. The monoisotopic (exact) mass is 399 g/mol. The molecule has 1 spiro atoms. The smallest absolute Gasteiger partial charge is 0.332 e. The molecule has 0 aliphatic carbocycles. The van der Waals surface area contributed by atoms with Crippen LogP contribution in [0.2, 0.25) is 0 Å². The summed E-state index contributed by atoms with van der Waals surface area (Å²) in [7, 11) is 4.82. The Morgan fingerprint density at radius 1 is 1.07 bits per heavy atom. The van der Waals surface area contributed by atoms with Crippen molar-refractivity contribution < 1.29 is 19.2 Å². The molecule has 3 heterocycles. The van der Waals surface area contributed by atoms with Crippen molar-refractivity contribution in [3.8, 4) is 0 Å². The van der Waals surface area contributed by atoms with Gasteiger partial charge in [0.25, 0.3) is 0 Å². The third-order valence-corrected chi connectivity index (χ3v) is 6.28. The molecule has 2 fully saturated rings. The van der Waals surface area contributed by atoms with Crippen LogP contribution in [0.4, 0.5) is 16.2 Å². The summed E-state index contributed by atoms with van der Waals surface area (Å²) in [6, 6.07) is 4.60. The standard InChI is InChI=1S/C20H25N5O4/c1-12(26)21-14-5-6-15-13(9-14)10-20(16-11-22(2)7-8-25(15)16)17(27)23(3)19(29)24(4)18(20)28/h5-6,9,16H,7-8,10-11H2,1-4H3,(H,21,26). The van der Waals surface area contributed by atoms with Gasteiger partial charge in [0.15, 0.2) is 5.41 Å². The van der Waals surface area contributed by atoms with E-state index in [0.717, 1.165) is 27.6 Å². The molecule has 4 rings (SSSR count). The van der Waals surface area contributed by atoms with Crippen LogP contribution in [0.1, 0.15) is 12.5 Å². The molecule has 0 bridgehead atoms. The number of amides is 5. The first-order chi connectivity index (χ1) is 13.7. The zero-order chi connectivity index (χ0) is 21.1. The molecule has 29 heavy (non-hydrogen) atoms. The van der Waals surface area contributed by atoms with Crippen molar-refractivity contribution in [2.45, 2.75) is 19.4 Å². The summed E-state index contributed by atoms with van der Waals surface area (Å²) in [5.41, 5.74) is 1.02. The van der Waals surface area contributed by atoms with E-state index in [1.165, 1.54) is 21.0 Å². The van der Waals surface area contributed by atoms with Gasteiger partial charge < -0.3 is 15.1 Å². The average Bonchev–Trinajstić information content (AvgIpc) is 2.68. The predicted octanol–water partition coefficient (Wildman–Crippen LogP) is 0.358. The van der Waals surface area contributed by atoms with E-state index >= 15 is 0 Å². The minimum absolute atomic E-state index is 0.185. The SMILES string of the molecule is CC(=O)Nc1ccc2c(c1)CC1(C(=O)N(C)C(=O)N(C)C1=O)C1CN(C)CCN21. The number of fused-ring (bicyclic) bond motifs is 4. The van der Waals surface area contributed by atoms with Crippen LogP contribution in [0.25, 0.3) is 0 Å². The maximum Gasteiger partial charge on any atom is 0.332 e. The Bertz CT molecular complexity index is 905. The highest BCUT2D eigenvalue weighted by Crippen LogP contribution is 2.47. The molecule has 154 valence electrons. The van der Waals surface area contributed by atoms with Gasteiger partial charge in [-0.15, -0.1) is 0 Å². The highest BCUT2D eigenvalue weighted by molar-refractivity contribution is 6.20. The quantitative estimate of drug-likeness (QED) is 0.686. The van der Waals surface area contributed by atoms with Gasteiger partial charge in [0.2, 0.25) is 17.7 Å². The molecule has 0 radical (unpaired) electrons. The van der Waals surface area contributed by atoms with Crippen molar-refractivity contribution >= 4 is 35.1 Å². The van der Waals surface area contributed by atoms with Crippen molar-refractivity contribution in [2.24, 2.45) is 5.41 Å². The number of hydrogen-bond acceptors (Lipinski definition) is 6. The fraction of sp³-hybridized carbons (Fsp3) is 0.500. The molecule has 9 nitrogen and oxygen atoms in total. The van der Waals surface area contributed by atoms with Crippen LogP contribution in [0.3, 0.4) is 0 Å². The first-order valence-electron chi connectivity index (χ1n) is 9.63. The third-order valence-electron chi connectivity index (χ3n) is 6.28. The van der Waals surface area contributed by atoms with E-state index in [9.17, 15) is 19.2 Å². The van der Waals surface area contributed by atoms with Crippen molar-refractivity contribution in [1.82, 2.24) is 14.7 Å². The van der Waals surface area contributed by atoms with Gasteiger partial charge in [-0.05, 0) is 37.2 Å². The molecule has 0 aromatic heterocycles. The molecule has 3 aliphatic rings. The van der Waals surface area contributed by atoms with Crippen LogP contribution in [-0.4, -0.2) is 85.3 Å². The number of anilines is 2. The number of rotatable bonds is 1. The number of benzene rings is 1. The van der Waals surface area contributed by atoms with Crippen LogP contribution in [0.15, 0.2) is 18.2 Å². The van der Waals surface area contributed by atoms with Crippen molar-refractivity contribution in [1.29, 1.82) is 0 Å². The Morgan fingerprint density at radius 2 is 1.72 bits per heavy atom. The molecule has 1 aromatic carbocycles. The second kappa shape index (κ2) is 6.55. The second-order valence-electron chi connectivity index (χ2n) is 8.16. The predicted molar refractivity (Wildman–Crippen MR) is 106 cm³/mol. The van der Waals surface area contributed by atoms with E-state index in [4.69, 9.17) is 0 Å². The number of urea groups is 1. The van der Waals surface area contributed by atoms with Crippen LogP contribution < -0.4 is 10.2 Å². The van der Waals surface area contributed by atoms with Crippen LogP contribution in [-0.2, 0) is 20.8 Å². The maximum absolute atomic E-state index is 13.4. The third kappa shape index (κ3) is 2.71. The Morgan fingerprint density at radius 3 is 2.34 bits per heavy atom. The topological polar surface area (TPSA) is 93.3 Å². The number of hydrogen-bond donors (Lipinski definition) is 1. The van der Waals surface area contributed by atoms with E-state index in [1.807, 2.05) is 25.2 Å². The number of piperazine rings is 1. The maximum atomic E-state index is 13.4. The van der Waals surface area contributed by atoms with Gasteiger partial charge in [0.1, 0.15) is 0 Å². The molecule has 2 saturated heterocycles. The summed E-state index contributed by atoms with van der Waals surface area (Å²) in [5.74, 6) is -1.12. The summed E-state index contributed by atoms with van der Waals surface area (Å²) in [5, 5.41) is 2.76. The Balaban J connectivity index is 1.88. The number of imide groups is 2. The number of nitrogens with one attached hydrogen (secondary N) is 1. The van der Waals surface area contributed by atoms with Gasteiger partial charge in [0.05, 0.1) is 6.04 Å². The molecule has 1 unspecified atom stereocenters. The Labute approximate surface area is 169 Å². The van der Waals surface area contributed by atoms with Gasteiger partial charge in [-0.3, -0.25) is 24.2 Å². The van der Waals surface area contributed by atoms with E-state index in [0.29, 0.717) is 18.8 Å². The number of barbiturate groups is 1. The summed E-state index contributed by atoms with van der Waals surface area (Å²) in [6.45, 7) is 3.44. The molecular formula is C20H25N5O4. The normalized spacial score (nSPS) is 23.9. The van der Waals surface area contributed by atoms with Crippen molar-refractivity contribution in [3.05, 3.63) is 23.8 Å². The summed E-state index contributed by atoms with van der Waals surface area (Å²) < 4.78 is 0. The average molecular weight is 399 g/mol. The summed E-state index contributed by atoms with van der Waals surface area (Å²) in [4.78, 5) is 57.1. The van der Waals surface area contributed by atoms with Crippen LogP contribution in [0, 0.1) is 5.41 Å². The fourth-order valence-corrected chi connectivity index (χ4v) is 4.86. The number of nitrogens with zero attached hydrogens (tertiary/aromatic N) is 4. The molecular weight excluding hydrogens is 374 g/mol. The summed E-state index contributed by atoms with van der Waals surface area (Å²) in [6.07, 6.45) is 0.185. The minimum Gasteiger partial charge on any atom is -0.364 e. The lowest BCUT2D eigenvalue weighted by molar-refractivity contribution is -0.160. The highest BCUT2D eigenvalue weighted by Gasteiger charge is 2.63. The molecule has 0 saturated carbocycles. The Hall–Kier alpha value is -2.94. The Kier molecular flexibility index (Phi) is 4.38. The lowest BCUT2D eigenvalue weighted by Crippen LogP contribution is -2.74. The van der Waals surface area contributed by atoms with Gasteiger partial charge in [-0.2, -0.15) is 0 Å². The van der Waals surface area contributed by atoms with Gasteiger partial charge in [0, 0.05) is 52.0 Å². The van der Waals surface area contributed by atoms with E-state index in [2.05, 4.69) is 15.1 Å². The van der Waals surface area contributed by atoms with Crippen LogP contribution in [0.5, 0.6) is 0 Å². The van der Waals surface area contributed by atoms with E-state index < -0.39 is 23.3 Å². The highest BCUT2D eigenvalue weighted by atomic mass is 16.2. The molecule has 1 atom stereocenters. The zero-order valence-corrected chi connectivity index (χ0v) is 17.1. The largest absolute Gasteiger partial charge is 0.364 e. The van der Waals surface area contributed by atoms with E-state index in [-0.39, 0.29) is 18.4 Å². The lowest BCUT2D eigenvalue weighted by atomic mass is 9.67. The number of carbonyl (C=O) groups excluding carboxylic acids is 4. The second-order valence-corrected chi connectivity index (χ2v) is 8.16. The molecule has 3 aliphatic heterocycles. The fourth-order valence-electron chi connectivity index (χ4n) is 4.86. The van der Waals surface area contributed by atoms with Gasteiger partial charge in [-0.25, -0.2) is 4.79 Å². The first kappa shape index (κ1) is 19.4. The van der Waals surface area contributed by atoms with Gasteiger partial charge >= 0.3 is 6.03 Å². The number of likely N-dealkylation sites (N-methyl/N-ethyl adjacent to an activating group) is 1. The van der Waals surface area contributed by atoms with Crippen molar-refractivity contribution in [3.63, 3.8) is 0 Å². The molecule has 1 aromatic rings. The van der Waals surface area contributed by atoms with Crippen molar-refractivity contribution in [2.75, 3.05) is 51.0 Å². The number of carbonyl (C=O) groups is 4. The lowest BCUT2D eigenvalue weighted by Gasteiger charge is -2.55. The molecule has 1 N–H and O–H groups in total. The van der Waals surface area contributed by atoms with E-state index in [1.54, 1.807) is 0 Å². The summed E-state index contributed by atoms with van der Waals surface area (Å²) >= 11 is 0. The zero-order valence-electron chi connectivity index (χ0n) is 17.1. The molecule has 5 amide bonds. The van der Waals surface area contributed by atoms with Crippen LogP contribution >= 0.6 is 0 Å². The minimum atomic E-state index is -1.38. The molecule has 9 heteroatoms. The van der Waals surface area contributed by atoms with Gasteiger partial charge in [-0.1, -0.05) is 0 Å².